The van der Waals surface area contributed by atoms with Crippen LogP contribution in [0.2, 0.25) is 0 Å². The summed E-state index contributed by atoms with van der Waals surface area (Å²) in [7, 11) is 0. The fourth-order valence-electron chi connectivity index (χ4n) is 1.80. The van der Waals surface area contributed by atoms with Crippen molar-refractivity contribution >= 4 is 11.3 Å². The second kappa shape index (κ2) is 5.61. The Morgan fingerprint density at radius 1 is 1.33 bits per heavy atom. The molecule has 2 unspecified atom stereocenters. The Morgan fingerprint density at radius 2 is 2.00 bits per heavy atom. The average Bonchev–Trinajstić information content (AvgIpc) is 2.55. The third-order valence-corrected chi connectivity index (χ3v) is 4.22. The van der Waals surface area contributed by atoms with Gasteiger partial charge in [-0.05, 0) is 26.8 Å². The topological polar surface area (TPSA) is 24.9 Å². The van der Waals surface area contributed by atoms with Gasteiger partial charge in [-0.1, -0.05) is 20.8 Å². The predicted molar refractivity (Wildman–Crippen MR) is 67.8 cm³/mol. The molecule has 2 atom stereocenters. The highest BCUT2D eigenvalue weighted by molar-refractivity contribution is 7.11. The van der Waals surface area contributed by atoms with E-state index in [2.05, 4.69) is 44.9 Å². The highest BCUT2D eigenvalue weighted by Gasteiger charge is 2.19. The molecule has 0 radical (unpaired) electrons. The van der Waals surface area contributed by atoms with Gasteiger partial charge in [0.05, 0.1) is 10.7 Å². The van der Waals surface area contributed by atoms with Gasteiger partial charge in [0.2, 0.25) is 0 Å². The summed E-state index contributed by atoms with van der Waals surface area (Å²) in [5.41, 5.74) is 1.19. The maximum atomic E-state index is 4.64. The summed E-state index contributed by atoms with van der Waals surface area (Å²) >= 11 is 1.84. The summed E-state index contributed by atoms with van der Waals surface area (Å²) in [6, 6.07) is 0.556. The van der Waals surface area contributed by atoms with E-state index in [0.29, 0.717) is 12.0 Å². The van der Waals surface area contributed by atoms with Crippen LogP contribution >= 0.6 is 11.3 Å². The molecule has 0 aliphatic rings. The van der Waals surface area contributed by atoms with Crippen molar-refractivity contribution < 1.29 is 0 Å². The molecule has 2 nitrogen and oxygen atoms in total. The summed E-state index contributed by atoms with van der Waals surface area (Å²) in [4.78, 5) is 5.99. The number of hydrogen-bond donors (Lipinski definition) is 1. The van der Waals surface area contributed by atoms with Crippen molar-refractivity contribution in [2.24, 2.45) is 0 Å². The number of aromatic nitrogens is 1. The number of aryl methyl sites for hydroxylation is 2. The first kappa shape index (κ1) is 12.7. The SMILES string of the molecule is CCNC(CC)C(C)c1nc(C)c(C)s1. The van der Waals surface area contributed by atoms with Crippen LogP contribution in [0.15, 0.2) is 0 Å². The van der Waals surface area contributed by atoms with Crippen LogP contribution in [0.1, 0.15) is 48.7 Å². The summed E-state index contributed by atoms with van der Waals surface area (Å²) in [6.45, 7) is 11.9. The van der Waals surface area contributed by atoms with Crippen molar-refractivity contribution in [3.63, 3.8) is 0 Å². The number of nitrogens with one attached hydrogen (secondary N) is 1. The highest BCUT2D eigenvalue weighted by atomic mass is 32.1. The second-order valence-corrected chi connectivity index (χ2v) is 5.29. The Balaban J connectivity index is 2.77. The molecule has 0 saturated heterocycles. The van der Waals surface area contributed by atoms with E-state index in [1.807, 2.05) is 11.3 Å². The number of thiazole rings is 1. The fraction of sp³-hybridized carbons (Fsp3) is 0.750. The molecule has 0 spiro atoms. The minimum Gasteiger partial charge on any atom is -0.314 e. The summed E-state index contributed by atoms with van der Waals surface area (Å²) in [5, 5.41) is 4.80. The van der Waals surface area contributed by atoms with Gasteiger partial charge < -0.3 is 5.32 Å². The highest BCUT2D eigenvalue weighted by Crippen LogP contribution is 2.27. The number of rotatable bonds is 5. The normalized spacial score (nSPS) is 15.3. The Morgan fingerprint density at radius 3 is 2.40 bits per heavy atom. The van der Waals surface area contributed by atoms with E-state index in [1.165, 1.54) is 15.6 Å². The van der Waals surface area contributed by atoms with Crippen LogP contribution in [0.3, 0.4) is 0 Å². The zero-order chi connectivity index (χ0) is 11.4. The lowest BCUT2D eigenvalue weighted by atomic mass is 10.0. The van der Waals surface area contributed by atoms with Crippen molar-refractivity contribution in [3.8, 4) is 0 Å². The maximum absolute atomic E-state index is 4.64. The zero-order valence-electron chi connectivity index (χ0n) is 10.4. The maximum Gasteiger partial charge on any atom is 0.0974 e. The van der Waals surface area contributed by atoms with E-state index < -0.39 is 0 Å². The molecule has 0 saturated carbocycles. The third-order valence-electron chi connectivity index (χ3n) is 2.94. The molecule has 0 aliphatic heterocycles. The smallest absolute Gasteiger partial charge is 0.0974 e. The largest absolute Gasteiger partial charge is 0.314 e. The average molecular weight is 226 g/mol. The van der Waals surface area contributed by atoms with Crippen molar-refractivity contribution in [3.05, 3.63) is 15.6 Å². The molecule has 1 N–H and O–H groups in total. The molecule has 0 aromatic carbocycles. The van der Waals surface area contributed by atoms with Gasteiger partial charge in [0, 0.05) is 16.8 Å². The lowest BCUT2D eigenvalue weighted by Crippen LogP contribution is -2.32. The van der Waals surface area contributed by atoms with Crippen LogP contribution in [0.5, 0.6) is 0 Å². The molecule has 1 aromatic heterocycles. The van der Waals surface area contributed by atoms with Crippen LogP contribution < -0.4 is 5.32 Å². The first-order chi connectivity index (χ1) is 7.10. The summed E-state index contributed by atoms with van der Waals surface area (Å²) in [5.74, 6) is 0.521. The first-order valence-corrected chi connectivity index (χ1v) is 6.59. The Hall–Kier alpha value is -0.410. The standard InChI is InChI=1S/C12H22N2S/c1-6-11(13-7-2)8(3)12-14-9(4)10(5)15-12/h8,11,13H,6-7H2,1-5H3. The predicted octanol–water partition coefficient (Wildman–Crippen LogP) is 3.25. The van der Waals surface area contributed by atoms with Gasteiger partial charge in [0.25, 0.3) is 0 Å². The number of hydrogen-bond acceptors (Lipinski definition) is 3. The van der Waals surface area contributed by atoms with Crippen molar-refractivity contribution in [2.75, 3.05) is 6.54 Å². The summed E-state index contributed by atoms with van der Waals surface area (Å²) in [6.07, 6.45) is 1.16. The van der Waals surface area contributed by atoms with Crippen molar-refractivity contribution in [1.82, 2.24) is 10.3 Å². The Kier molecular flexibility index (Phi) is 4.74. The van der Waals surface area contributed by atoms with E-state index in [1.54, 1.807) is 0 Å². The van der Waals surface area contributed by atoms with Gasteiger partial charge in [-0.25, -0.2) is 4.98 Å². The van der Waals surface area contributed by atoms with Gasteiger partial charge >= 0.3 is 0 Å². The molecule has 0 amide bonds. The molecule has 15 heavy (non-hydrogen) atoms. The van der Waals surface area contributed by atoms with Crippen LogP contribution in [0.4, 0.5) is 0 Å². The van der Waals surface area contributed by atoms with Crippen LogP contribution in [0, 0.1) is 13.8 Å². The molecule has 3 heteroatoms. The number of nitrogens with zero attached hydrogens (tertiary/aromatic N) is 1. The van der Waals surface area contributed by atoms with Crippen molar-refractivity contribution in [1.29, 1.82) is 0 Å². The molecule has 1 aromatic rings. The van der Waals surface area contributed by atoms with Gasteiger partial charge in [0.1, 0.15) is 0 Å². The zero-order valence-corrected chi connectivity index (χ0v) is 11.2. The summed E-state index contributed by atoms with van der Waals surface area (Å²) < 4.78 is 0. The van der Waals surface area contributed by atoms with E-state index in [-0.39, 0.29) is 0 Å². The van der Waals surface area contributed by atoms with E-state index in [0.717, 1.165) is 13.0 Å². The molecule has 0 aliphatic carbocycles. The number of likely N-dealkylation sites (N-methyl/N-ethyl adjacent to an activating group) is 1. The van der Waals surface area contributed by atoms with Crippen LogP contribution in [-0.2, 0) is 0 Å². The molecule has 0 bridgehead atoms. The lowest BCUT2D eigenvalue weighted by molar-refractivity contribution is 0.447. The molecule has 1 rings (SSSR count). The van der Waals surface area contributed by atoms with Gasteiger partial charge in [-0.2, -0.15) is 0 Å². The third kappa shape index (κ3) is 3.02. The minimum atomic E-state index is 0.521. The van der Waals surface area contributed by atoms with Crippen LogP contribution in [0.25, 0.3) is 0 Å². The lowest BCUT2D eigenvalue weighted by Gasteiger charge is -2.21. The van der Waals surface area contributed by atoms with Gasteiger partial charge in [-0.3, -0.25) is 0 Å². The molecule has 1 heterocycles. The fourth-order valence-corrected chi connectivity index (χ4v) is 2.84. The molecular formula is C12H22N2S. The van der Waals surface area contributed by atoms with E-state index >= 15 is 0 Å². The van der Waals surface area contributed by atoms with Crippen LogP contribution in [-0.4, -0.2) is 17.6 Å². The van der Waals surface area contributed by atoms with E-state index in [9.17, 15) is 0 Å². The van der Waals surface area contributed by atoms with Gasteiger partial charge in [-0.15, -0.1) is 11.3 Å². The van der Waals surface area contributed by atoms with Crippen molar-refractivity contribution in [2.45, 2.75) is 53.0 Å². The van der Waals surface area contributed by atoms with Gasteiger partial charge in [0.15, 0.2) is 0 Å². The minimum absolute atomic E-state index is 0.521. The Labute approximate surface area is 97.1 Å². The first-order valence-electron chi connectivity index (χ1n) is 5.77. The molecule has 0 fully saturated rings. The second-order valence-electron chi connectivity index (χ2n) is 4.05. The van der Waals surface area contributed by atoms with E-state index in [4.69, 9.17) is 0 Å². The molecular weight excluding hydrogens is 204 g/mol. The Bertz CT molecular complexity index is 287. The monoisotopic (exact) mass is 226 g/mol. The quantitative estimate of drug-likeness (QED) is 0.833. The molecule has 86 valence electrons.